The van der Waals surface area contributed by atoms with Crippen LogP contribution in [-0.2, 0) is 4.79 Å². The van der Waals surface area contributed by atoms with Crippen molar-refractivity contribution in [3.63, 3.8) is 0 Å². The number of rotatable bonds is 4. The van der Waals surface area contributed by atoms with Gasteiger partial charge in [0.05, 0.1) is 26.0 Å². The maximum atomic E-state index is 13.4. The molecule has 26 heavy (non-hydrogen) atoms. The molecule has 0 fully saturated rings. The summed E-state index contributed by atoms with van der Waals surface area (Å²) in [5.41, 5.74) is 2.18. The zero-order valence-corrected chi connectivity index (χ0v) is 15.4. The van der Waals surface area contributed by atoms with Crippen LogP contribution in [0.25, 0.3) is 0 Å². The van der Waals surface area contributed by atoms with Gasteiger partial charge in [0, 0.05) is 23.9 Å². The lowest BCUT2D eigenvalue weighted by molar-refractivity contribution is -0.130. The summed E-state index contributed by atoms with van der Waals surface area (Å²) in [5, 5.41) is 6.11. The molecule has 0 N–H and O–H groups in total. The second kappa shape index (κ2) is 7.33. The molecule has 0 saturated carbocycles. The van der Waals surface area contributed by atoms with E-state index < -0.39 is 5.82 Å². The third-order valence-corrected chi connectivity index (χ3v) is 4.60. The highest BCUT2D eigenvalue weighted by Crippen LogP contribution is 2.38. The lowest BCUT2D eigenvalue weighted by Gasteiger charge is -2.21. The zero-order chi connectivity index (χ0) is 18.8. The molecule has 1 heterocycles. The van der Waals surface area contributed by atoms with Crippen LogP contribution in [0.2, 0.25) is 5.02 Å². The van der Waals surface area contributed by atoms with Crippen molar-refractivity contribution in [2.45, 2.75) is 19.4 Å². The number of carbonyl (C=O) groups is 1. The van der Waals surface area contributed by atoms with Gasteiger partial charge in [-0.3, -0.25) is 4.79 Å². The first-order chi connectivity index (χ1) is 12.4. The van der Waals surface area contributed by atoms with E-state index in [1.165, 1.54) is 24.1 Å². The Hall–Kier alpha value is -2.60. The van der Waals surface area contributed by atoms with Gasteiger partial charge >= 0.3 is 0 Å². The highest BCUT2D eigenvalue weighted by Gasteiger charge is 2.33. The Bertz CT molecular complexity index is 885. The summed E-state index contributed by atoms with van der Waals surface area (Å²) in [4.78, 5) is 12.1. The number of ether oxygens (including phenoxy) is 2. The predicted octanol–water partition coefficient (Wildman–Crippen LogP) is 4.19. The number of benzene rings is 2. The number of hydrogen-bond acceptors (Lipinski definition) is 4. The van der Waals surface area contributed by atoms with Gasteiger partial charge in [0.25, 0.3) is 0 Å². The van der Waals surface area contributed by atoms with Crippen LogP contribution >= 0.6 is 11.6 Å². The fraction of sp³-hybridized carbons (Fsp3) is 0.263. The van der Waals surface area contributed by atoms with E-state index in [4.69, 9.17) is 21.1 Å². The molecule has 0 bridgehead atoms. The first-order valence-electron chi connectivity index (χ1n) is 7.99. The minimum absolute atomic E-state index is 0.217. The summed E-state index contributed by atoms with van der Waals surface area (Å²) in [5.74, 6) is 0.541. The van der Waals surface area contributed by atoms with Gasteiger partial charge in [-0.15, -0.1) is 0 Å². The summed E-state index contributed by atoms with van der Waals surface area (Å²) < 4.78 is 23.9. The fourth-order valence-corrected chi connectivity index (χ4v) is 3.30. The number of nitrogens with zero attached hydrogens (tertiary/aromatic N) is 2. The molecule has 1 atom stereocenters. The first-order valence-corrected chi connectivity index (χ1v) is 8.37. The molecule has 1 aliphatic rings. The van der Waals surface area contributed by atoms with Gasteiger partial charge in [-0.1, -0.05) is 17.7 Å². The van der Waals surface area contributed by atoms with Crippen molar-refractivity contribution in [1.82, 2.24) is 5.01 Å². The van der Waals surface area contributed by atoms with Crippen LogP contribution in [0.1, 0.15) is 30.5 Å². The summed E-state index contributed by atoms with van der Waals surface area (Å²) in [6, 6.07) is 9.22. The van der Waals surface area contributed by atoms with Crippen LogP contribution < -0.4 is 9.47 Å². The average molecular weight is 377 g/mol. The number of carbonyl (C=O) groups excluding carboxylic acids is 1. The third kappa shape index (κ3) is 3.37. The molecular formula is C19H18ClFN2O3. The Balaban J connectivity index is 1.98. The number of hydrazone groups is 1. The SMILES string of the molecule is COc1ccc(C2=NN(C(C)=O)C(c3ccc(F)cc3Cl)C2)cc1OC. The zero-order valence-electron chi connectivity index (χ0n) is 14.6. The van der Waals surface area contributed by atoms with E-state index in [2.05, 4.69) is 5.10 Å². The van der Waals surface area contributed by atoms with Crippen molar-refractivity contribution in [3.05, 3.63) is 58.4 Å². The molecule has 3 rings (SSSR count). The van der Waals surface area contributed by atoms with Crippen molar-refractivity contribution in [3.8, 4) is 11.5 Å². The van der Waals surface area contributed by atoms with Gasteiger partial charge in [0.2, 0.25) is 5.91 Å². The van der Waals surface area contributed by atoms with Crippen molar-refractivity contribution < 1.29 is 18.7 Å². The lowest BCUT2D eigenvalue weighted by Crippen LogP contribution is -2.24. The quantitative estimate of drug-likeness (QED) is 0.803. The smallest absolute Gasteiger partial charge is 0.240 e. The highest BCUT2D eigenvalue weighted by atomic mass is 35.5. The number of halogens is 2. The summed E-state index contributed by atoms with van der Waals surface area (Å²) in [6.07, 6.45) is 0.459. The van der Waals surface area contributed by atoms with E-state index in [9.17, 15) is 9.18 Å². The first kappa shape index (κ1) is 18.2. The summed E-state index contributed by atoms with van der Waals surface area (Å²) in [7, 11) is 3.12. The van der Waals surface area contributed by atoms with Crippen molar-refractivity contribution in [2.75, 3.05) is 14.2 Å². The molecule has 1 unspecified atom stereocenters. The van der Waals surface area contributed by atoms with E-state index in [1.807, 2.05) is 12.1 Å². The molecule has 0 saturated heterocycles. The van der Waals surface area contributed by atoms with Crippen LogP contribution in [0, 0.1) is 5.82 Å². The average Bonchev–Trinajstić information content (AvgIpc) is 3.06. The monoisotopic (exact) mass is 376 g/mol. The van der Waals surface area contributed by atoms with E-state index >= 15 is 0 Å². The number of hydrogen-bond donors (Lipinski definition) is 0. The third-order valence-electron chi connectivity index (χ3n) is 4.27. The van der Waals surface area contributed by atoms with Crippen molar-refractivity contribution in [2.24, 2.45) is 5.10 Å². The largest absolute Gasteiger partial charge is 0.493 e. The fourth-order valence-electron chi connectivity index (χ4n) is 3.00. The molecule has 0 aliphatic carbocycles. The van der Waals surface area contributed by atoms with Gasteiger partial charge in [-0.05, 0) is 35.9 Å². The Kier molecular flexibility index (Phi) is 5.13. The molecule has 0 aromatic heterocycles. The van der Waals surface area contributed by atoms with E-state index in [0.29, 0.717) is 29.2 Å². The predicted molar refractivity (Wildman–Crippen MR) is 97.4 cm³/mol. The van der Waals surface area contributed by atoms with Crippen LogP contribution in [0.3, 0.4) is 0 Å². The Morgan fingerprint density at radius 1 is 1.19 bits per heavy atom. The highest BCUT2D eigenvalue weighted by molar-refractivity contribution is 6.31. The normalized spacial score (nSPS) is 16.4. The summed E-state index contributed by atoms with van der Waals surface area (Å²) >= 11 is 6.20. The molecule has 1 aliphatic heterocycles. The van der Waals surface area contributed by atoms with Gasteiger partial charge < -0.3 is 9.47 Å². The maximum absolute atomic E-state index is 13.4. The van der Waals surface area contributed by atoms with Crippen LogP contribution in [0.5, 0.6) is 11.5 Å². The standard InChI is InChI=1S/C19H18ClFN2O3/c1-11(24)23-17(14-6-5-13(21)9-15(14)20)10-16(22-23)12-4-7-18(25-2)19(8-12)26-3/h4-9,17H,10H2,1-3H3. The minimum Gasteiger partial charge on any atom is -0.493 e. The Morgan fingerprint density at radius 3 is 2.54 bits per heavy atom. The van der Waals surface area contributed by atoms with Crippen molar-refractivity contribution in [1.29, 1.82) is 0 Å². The van der Waals surface area contributed by atoms with Gasteiger partial charge in [-0.2, -0.15) is 5.10 Å². The molecule has 1 amide bonds. The lowest BCUT2D eigenvalue weighted by atomic mass is 9.98. The van der Waals surface area contributed by atoms with E-state index in [0.717, 1.165) is 5.56 Å². The van der Waals surface area contributed by atoms with Crippen LogP contribution in [-0.4, -0.2) is 30.8 Å². The molecule has 2 aromatic carbocycles. The molecule has 136 valence electrons. The number of methoxy groups -OCH3 is 2. The summed E-state index contributed by atoms with van der Waals surface area (Å²) in [6.45, 7) is 1.44. The minimum atomic E-state index is -0.424. The molecule has 7 heteroatoms. The van der Waals surface area contributed by atoms with Crippen LogP contribution in [0.4, 0.5) is 4.39 Å². The Morgan fingerprint density at radius 2 is 1.92 bits per heavy atom. The molecule has 5 nitrogen and oxygen atoms in total. The van der Waals surface area contributed by atoms with E-state index in [-0.39, 0.29) is 17.0 Å². The van der Waals surface area contributed by atoms with Gasteiger partial charge in [0.15, 0.2) is 11.5 Å². The second-order valence-corrected chi connectivity index (χ2v) is 6.27. The number of amides is 1. The Labute approximate surface area is 156 Å². The molecule has 0 radical (unpaired) electrons. The van der Waals surface area contributed by atoms with E-state index in [1.54, 1.807) is 26.4 Å². The van der Waals surface area contributed by atoms with Gasteiger partial charge in [0.1, 0.15) is 5.82 Å². The molecular weight excluding hydrogens is 359 g/mol. The maximum Gasteiger partial charge on any atom is 0.240 e. The van der Waals surface area contributed by atoms with Gasteiger partial charge in [-0.25, -0.2) is 9.40 Å². The molecule has 0 spiro atoms. The topological polar surface area (TPSA) is 51.1 Å². The second-order valence-electron chi connectivity index (χ2n) is 5.87. The van der Waals surface area contributed by atoms with Crippen molar-refractivity contribution >= 4 is 23.2 Å². The molecule has 2 aromatic rings. The van der Waals surface area contributed by atoms with Crippen LogP contribution in [0.15, 0.2) is 41.5 Å².